The third-order valence-electron chi connectivity index (χ3n) is 10.2. The fourth-order valence-electron chi connectivity index (χ4n) is 8.18. The summed E-state index contributed by atoms with van der Waals surface area (Å²) in [6.07, 6.45) is 5.48. The molecule has 0 saturated heterocycles. The lowest BCUT2D eigenvalue weighted by Gasteiger charge is -2.47. The minimum absolute atomic E-state index is 0.126. The predicted octanol–water partition coefficient (Wildman–Crippen LogP) is 10.7. The molecule has 0 amide bonds. The van der Waals surface area contributed by atoms with Gasteiger partial charge in [0.1, 0.15) is 11.5 Å². The molecule has 7 rings (SSSR count). The Kier molecular flexibility index (Phi) is 7.52. The highest BCUT2D eigenvalue weighted by Crippen LogP contribution is 2.58. The van der Waals surface area contributed by atoms with Crippen molar-refractivity contribution in [2.75, 3.05) is 0 Å². The van der Waals surface area contributed by atoms with E-state index in [-0.39, 0.29) is 23.1 Å². The van der Waals surface area contributed by atoms with Crippen LogP contribution in [0.15, 0.2) is 71.8 Å². The van der Waals surface area contributed by atoms with Gasteiger partial charge in [-0.3, -0.25) is 19.2 Å². The zero-order chi connectivity index (χ0) is 35.2. The Hall–Kier alpha value is -4.62. The van der Waals surface area contributed by atoms with E-state index in [1.807, 2.05) is 56.3 Å². The zero-order valence-corrected chi connectivity index (χ0v) is 30.6. The van der Waals surface area contributed by atoms with Gasteiger partial charge in [0, 0.05) is 60.0 Å². The molecule has 0 unspecified atom stereocenters. The van der Waals surface area contributed by atoms with Crippen molar-refractivity contribution in [3.8, 4) is 22.6 Å². The molecule has 49 heavy (non-hydrogen) atoms. The summed E-state index contributed by atoms with van der Waals surface area (Å²) in [5, 5.41) is 2.08. The molecule has 1 aliphatic heterocycles. The molecule has 0 saturated carbocycles. The Labute approximate surface area is 288 Å². The summed E-state index contributed by atoms with van der Waals surface area (Å²) >= 11 is 0. The Morgan fingerprint density at radius 3 is 1.69 bits per heavy atom. The maximum Gasteiger partial charge on any atom is 0.471 e. The van der Waals surface area contributed by atoms with Gasteiger partial charge in [-0.2, -0.15) is 0 Å². The average molecular weight is 671 g/mol. The Balaban J connectivity index is 1.65. The molecule has 2 aliphatic carbocycles. The van der Waals surface area contributed by atoms with Crippen LogP contribution in [0.3, 0.4) is 0 Å². The number of allylic oxidation sites excluding steroid dienone is 4. The first-order chi connectivity index (χ1) is 23.1. The average Bonchev–Trinajstić information content (AvgIpc) is 3.20. The topological polar surface area (TPSA) is 86.7 Å². The van der Waals surface area contributed by atoms with Crippen LogP contribution < -0.4 is 8.85 Å². The van der Waals surface area contributed by atoms with E-state index in [0.29, 0.717) is 79.6 Å². The fraction of sp³-hybridized carbons (Fsp3) is 0.333. The van der Waals surface area contributed by atoms with Gasteiger partial charge in [0.05, 0.1) is 0 Å². The highest BCUT2D eigenvalue weighted by atomic mass is 28.4. The summed E-state index contributed by atoms with van der Waals surface area (Å²) in [5.74, 6) is 0.470. The van der Waals surface area contributed by atoms with Crippen LogP contribution in [0.4, 0.5) is 0 Å². The molecular weight excluding hydrogens is 629 g/mol. The molecule has 250 valence electrons. The minimum Gasteiger partial charge on any atom is -0.511 e. The maximum absolute atomic E-state index is 14.3. The van der Waals surface area contributed by atoms with Crippen molar-refractivity contribution in [2.45, 2.75) is 91.1 Å². The highest BCUT2D eigenvalue weighted by molar-refractivity contribution is 6.75. The Morgan fingerprint density at radius 2 is 1.10 bits per heavy atom. The van der Waals surface area contributed by atoms with Crippen molar-refractivity contribution in [3.05, 3.63) is 94.1 Å². The zero-order valence-electron chi connectivity index (χ0n) is 29.6. The van der Waals surface area contributed by atoms with Crippen molar-refractivity contribution in [1.29, 1.82) is 0 Å². The monoisotopic (exact) mass is 670 g/mol. The smallest absolute Gasteiger partial charge is 0.471 e. The number of rotatable bonds is 4. The van der Waals surface area contributed by atoms with E-state index in [1.165, 1.54) is 12.2 Å². The number of hydrogen-bond donors (Lipinski definition) is 0. The molecule has 6 nitrogen and oxygen atoms in total. The van der Waals surface area contributed by atoms with Crippen molar-refractivity contribution in [1.82, 2.24) is 0 Å². The van der Waals surface area contributed by atoms with Gasteiger partial charge in [0.2, 0.25) is 0 Å². The minimum atomic E-state index is -3.27. The lowest BCUT2D eigenvalue weighted by molar-refractivity contribution is 0.0981. The number of benzene rings is 4. The van der Waals surface area contributed by atoms with E-state index < -0.39 is 18.6 Å². The van der Waals surface area contributed by atoms with Gasteiger partial charge in [0.15, 0.2) is 23.1 Å². The van der Waals surface area contributed by atoms with Gasteiger partial charge < -0.3 is 8.85 Å². The van der Waals surface area contributed by atoms with Crippen molar-refractivity contribution >= 4 is 53.2 Å². The number of ketones is 4. The second-order valence-corrected chi connectivity index (χ2v) is 20.3. The molecule has 7 heteroatoms. The molecular formula is C42H42O6Si. The Morgan fingerprint density at radius 1 is 0.571 bits per heavy atom. The standard InChI is InChI=1S/C42H42O6Si/c1-9-11-25-20-32(44)29-22-28-24(19-30(29)39(25)45)15-18-33-36(28)38-34(48-49(47-33,41(3,4)5)42(6,7)8)17-14-23-13-16-27-31(43)21-26(12-10-2)40(46)37(27)35(23)38/h13-22H,9-12H2,1-8H3. The van der Waals surface area contributed by atoms with E-state index in [1.54, 1.807) is 6.07 Å². The van der Waals surface area contributed by atoms with Crippen LogP contribution in [0.1, 0.15) is 123 Å². The van der Waals surface area contributed by atoms with Crippen LogP contribution in [-0.4, -0.2) is 31.7 Å². The second-order valence-electron chi connectivity index (χ2n) is 15.6. The molecule has 0 bridgehead atoms. The van der Waals surface area contributed by atoms with Crippen molar-refractivity contribution in [3.63, 3.8) is 0 Å². The lowest BCUT2D eigenvalue weighted by Crippen LogP contribution is -2.62. The van der Waals surface area contributed by atoms with Crippen LogP contribution in [0.2, 0.25) is 10.1 Å². The highest BCUT2D eigenvalue weighted by Gasteiger charge is 2.63. The predicted molar refractivity (Wildman–Crippen MR) is 197 cm³/mol. The largest absolute Gasteiger partial charge is 0.511 e. The molecule has 4 aromatic carbocycles. The van der Waals surface area contributed by atoms with Crippen molar-refractivity contribution in [2.24, 2.45) is 0 Å². The quantitative estimate of drug-likeness (QED) is 0.201. The molecule has 0 aromatic heterocycles. The number of fused-ring (bicyclic) bond motifs is 10. The van der Waals surface area contributed by atoms with Crippen LogP contribution in [0.25, 0.3) is 32.7 Å². The maximum atomic E-state index is 14.3. The van der Waals surface area contributed by atoms with Crippen LogP contribution in [-0.2, 0) is 0 Å². The van der Waals surface area contributed by atoms with Crippen LogP contribution in [0.5, 0.6) is 11.5 Å². The summed E-state index contributed by atoms with van der Waals surface area (Å²) in [5.41, 5.74) is 3.84. The van der Waals surface area contributed by atoms with E-state index in [2.05, 4.69) is 41.5 Å². The third kappa shape index (κ3) is 4.80. The summed E-state index contributed by atoms with van der Waals surface area (Å²) < 4.78 is 14.6. The van der Waals surface area contributed by atoms with Gasteiger partial charge in [-0.05, 0) is 71.5 Å². The first-order valence-corrected chi connectivity index (χ1v) is 19.1. The first kappa shape index (κ1) is 32.9. The van der Waals surface area contributed by atoms with Gasteiger partial charge in [0.25, 0.3) is 0 Å². The van der Waals surface area contributed by atoms with E-state index in [4.69, 9.17) is 8.85 Å². The molecule has 0 fully saturated rings. The number of carbonyl (C=O) groups is 4. The SMILES string of the molecule is CCCC1=CC(=O)c2cc3c4c(ccc3cc2C1=O)O[Si](C(C)(C)C)(C(C)(C)C)Oc1ccc2ccc3c(c2c1-4)C(=O)C(CCC)=CC3=O. The lowest BCUT2D eigenvalue weighted by atomic mass is 9.80. The number of carbonyl (C=O) groups excluding carboxylic acids is 4. The molecule has 0 atom stereocenters. The first-order valence-electron chi connectivity index (χ1n) is 17.3. The van der Waals surface area contributed by atoms with Gasteiger partial charge in [-0.15, -0.1) is 0 Å². The Bertz CT molecular complexity index is 2220. The van der Waals surface area contributed by atoms with Gasteiger partial charge in [-0.1, -0.05) is 86.4 Å². The summed E-state index contributed by atoms with van der Waals surface area (Å²) in [7, 11) is -3.27. The summed E-state index contributed by atoms with van der Waals surface area (Å²) in [6, 6.07) is 15.0. The molecule has 0 radical (unpaired) electrons. The van der Waals surface area contributed by atoms with E-state index in [0.717, 1.165) is 23.6 Å². The molecule has 1 heterocycles. The molecule has 4 aromatic rings. The van der Waals surface area contributed by atoms with Crippen molar-refractivity contribution < 1.29 is 28.0 Å². The summed E-state index contributed by atoms with van der Waals surface area (Å²) in [6.45, 7) is 16.8. The van der Waals surface area contributed by atoms with Gasteiger partial charge >= 0.3 is 8.56 Å². The summed E-state index contributed by atoms with van der Waals surface area (Å²) in [4.78, 5) is 55.1. The number of hydrogen-bond acceptors (Lipinski definition) is 6. The van der Waals surface area contributed by atoms with Crippen LogP contribution in [0, 0.1) is 0 Å². The number of Topliss-reactive ketones (excluding diaryl/α,β-unsaturated/α-hetero) is 2. The van der Waals surface area contributed by atoms with E-state index >= 15 is 0 Å². The third-order valence-corrected chi connectivity index (χ3v) is 15.2. The van der Waals surface area contributed by atoms with Gasteiger partial charge in [-0.25, -0.2) is 0 Å². The van der Waals surface area contributed by atoms with E-state index in [9.17, 15) is 19.2 Å². The normalized spacial score (nSPS) is 17.0. The molecule has 0 spiro atoms. The fourth-order valence-corrected chi connectivity index (χ4v) is 12.7. The van der Waals surface area contributed by atoms with Crippen LogP contribution >= 0.6 is 0 Å². The second kappa shape index (κ2) is 11.2. The molecule has 0 N–H and O–H groups in total. The molecule has 3 aliphatic rings.